The molecule has 2 rings (SSSR count). The quantitative estimate of drug-likeness (QED) is 0.839. The summed E-state index contributed by atoms with van der Waals surface area (Å²) in [6, 6.07) is 0. The van der Waals surface area contributed by atoms with Crippen molar-refractivity contribution < 1.29 is 0 Å². The summed E-state index contributed by atoms with van der Waals surface area (Å²) in [6.07, 6.45) is 1.36. The van der Waals surface area contributed by atoms with Gasteiger partial charge in [-0.05, 0) is 18.3 Å². The van der Waals surface area contributed by atoms with Crippen LogP contribution in [0.2, 0.25) is 0 Å². The summed E-state index contributed by atoms with van der Waals surface area (Å²) < 4.78 is 0. The monoisotopic (exact) mass is 225 g/mol. The van der Waals surface area contributed by atoms with Crippen LogP contribution < -0.4 is 5.73 Å². The van der Waals surface area contributed by atoms with Gasteiger partial charge in [-0.1, -0.05) is 13.8 Å². The maximum Gasteiger partial charge on any atom is 0.180 e. The lowest BCUT2D eigenvalue weighted by Crippen LogP contribution is -2.38. The Bertz CT molecular complexity index is 313. The van der Waals surface area contributed by atoms with Gasteiger partial charge in [-0.25, -0.2) is 4.98 Å². The molecular formula is C11H19N3S. The third-order valence-corrected chi connectivity index (χ3v) is 3.62. The summed E-state index contributed by atoms with van der Waals surface area (Å²) >= 11 is 1.53. The molecule has 2 N–H and O–H groups in total. The average Bonchev–Trinajstić information content (AvgIpc) is 2.49. The number of thiazole rings is 1. The van der Waals surface area contributed by atoms with Gasteiger partial charge in [0, 0.05) is 25.0 Å². The van der Waals surface area contributed by atoms with Crippen LogP contribution in [-0.4, -0.2) is 23.0 Å². The summed E-state index contributed by atoms with van der Waals surface area (Å²) in [6.45, 7) is 8.02. The third kappa shape index (κ3) is 2.92. The molecule has 84 valence electrons. The standard InChI is InChI=1S/C11H19N3S/c1-8-3-9(2)5-14(4-8)6-10-7-15-11(12)13-10/h7-9H,3-6H2,1-2H3,(H2,12,13)/t8-,9-/m1/s1. The lowest BCUT2D eigenvalue weighted by atomic mass is 9.92. The van der Waals surface area contributed by atoms with Crippen molar-refractivity contribution in [3.8, 4) is 0 Å². The largest absolute Gasteiger partial charge is 0.375 e. The first-order chi connectivity index (χ1) is 7.13. The highest BCUT2D eigenvalue weighted by atomic mass is 32.1. The number of hydrogen-bond donors (Lipinski definition) is 1. The molecule has 2 heterocycles. The van der Waals surface area contributed by atoms with Gasteiger partial charge in [-0.15, -0.1) is 11.3 Å². The maximum atomic E-state index is 5.63. The van der Waals surface area contributed by atoms with Crippen LogP contribution in [0.5, 0.6) is 0 Å². The minimum Gasteiger partial charge on any atom is -0.375 e. The smallest absolute Gasteiger partial charge is 0.180 e. The Morgan fingerprint density at radius 2 is 2.13 bits per heavy atom. The van der Waals surface area contributed by atoms with Crippen molar-refractivity contribution in [3.63, 3.8) is 0 Å². The fourth-order valence-electron chi connectivity index (χ4n) is 2.55. The molecule has 0 spiro atoms. The molecule has 0 aromatic carbocycles. The van der Waals surface area contributed by atoms with Gasteiger partial charge in [-0.3, -0.25) is 4.90 Å². The predicted octanol–water partition coefficient (Wildman–Crippen LogP) is 2.20. The molecule has 1 aliphatic rings. The zero-order valence-corrected chi connectivity index (χ0v) is 10.3. The number of hydrogen-bond acceptors (Lipinski definition) is 4. The molecule has 4 heteroatoms. The van der Waals surface area contributed by atoms with E-state index in [1.54, 1.807) is 0 Å². The molecule has 3 nitrogen and oxygen atoms in total. The van der Waals surface area contributed by atoms with Crippen LogP contribution in [0.1, 0.15) is 26.0 Å². The molecule has 1 aromatic heterocycles. The van der Waals surface area contributed by atoms with Gasteiger partial charge in [0.1, 0.15) is 0 Å². The van der Waals surface area contributed by atoms with Crippen molar-refractivity contribution in [2.75, 3.05) is 18.8 Å². The van der Waals surface area contributed by atoms with Gasteiger partial charge in [0.15, 0.2) is 5.13 Å². The number of anilines is 1. The molecule has 15 heavy (non-hydrogen) atoms. The predicted molar refractivity (Wildman–Crippen MR) is 64.7 cm³/mol. The Morgan fingerprint density at radius 1 is 1.47 bits per heavy atom. The fourth-order valence-corrected chi connectivity index (χ4v) is 3.10. The molecule has 0 amide bonds. The number of rotatable bonds is 2. The molecule has 0 saturated carbocycles. The summed E-state index contributed by atoms with van der Waals surface area (Å²) in [5, 5.41) is 2.75. The lowest BCUT2D eigenvalue weighted by Gasteiger charge is -2.34. The third-order valence-electron chi connectivity index (χ3n) is 2.90. The molecule has 0 radical (unpaired) electrons. The van der Waals surface area contributed by atoms with Crippen molar-refractivity contribution in [1.29, 1.82) is 0 Å². The van der Waals surface area contributed by atoms with E-state index in [0.717, 1.165) is 24.1 Å². The van der Waals surface area contributed by atoms with Crippen molar-refractivity contribution in [2.45, 2.75) is 26.8 Å². The Labute approximate surface area is 95.3 Å². The highest BCUT2D eigenvalue weighted by Crippen LogP contribution is 2.23. The molecule has 1 fully saturated rings. The van der Waals surface area contributed by atoms with Crippen LogP contribution in [0.4, 0.5) is 5.13 Å². The fraction of sp³-hybridized carbons (Fsp3) is 0.727. The van der Waals surface area contributed by atoms with Gasteiger partial charge < -0.3 is 5.73 Å². The van der Waals surface area contributed by atoms with Crippen LogP contribution >= 0.6 is 11.3 Å². The second-order valence-corrected chi connectivity index (χ2v) is 5.71. The van der Waals surface area contributed by atoms with Crippen LogP contribution in [0.3, 0.4) is 0 Å². The molecule has 0 bridgehead atoms. The molecule has 1 aliphatic heterocycles. The molecular weight excluding hydrogens is 206 g/mol. The normalized spacial score (nSPS) is 28.1. The minimum atomic E-state index is 0.683. The molecule has 1 saturated heterocycles. The molecule has 1 aromatic rings. The van der Waals surface area contributed by atoms with Crippen molar-refractivity contribution in [2.24, 2.45) is 11.8 Å². The molecule has 0 unspecified atom stereocenters. The van der Waals surface area contributed by atoms with Crippen LogP contribution in [0, 0.1) is 11.8 Å². The minimum absolute atomic E-state index is 0.683. The van der Waals surface area contributed by atoms with E-state index < -0.39 is 0 Å². The number of aromatic nitrogens is 1. The summed E-state index contributed by atoms with van der Waals surface area (Å²) in [4.78, 5) is 6.80. The van der Waals surface area contributed by atoms with Crippen molar-refractivity contribution in [3.05, 3.63) is 11.1 Å². The Hall–Kier alpha value is -0.610. The number of nitrogens with two attached hydrogens (primary N) is 1. The van der Waals surface area contributed by atoms with E-state index in [0.29, 0.717) is 5.13 Å². The van der Waals surface area contributed by atoms with E-state index >= 15 is 0 Å². The van der Waals surface area contributed by atoms with Crippen LogP contribution in [0.15, 0.2) is 5.38 Å². The number of nitrogens with zero attached hydrogens (tertiary/aromatic N) is 2. The Morgan fingerprint density at radius 3 is 2.67 bits per heavy atom. The van der Waals surface area contributed by atoms with Gasteiger partial charge in [0.05, 0.1) is 5.69 Å². The van der Waals surface area contributed by atoms with E-state index in [4.69, 9.17) is 5.73 Å². The summed E-state index contributed by atoms with van der Waals surface area (Å²) in [5.41, 5.74) is 6.75. The topological polar surface area (TPSA) is 42.1 Å². The van der Waals surface area contributed by atoms with E-state index in [9.17, 15) is 0 Å². The maximum absolute atomic E-state index is 5.63. The van der Waals surface area contributed by atoms with Crippen molar-refractivity contribution in [1.82, 2.24) is 9.88 Å². The Balaban J connectivity index is 1.94. The van der Waals surface area contributed by atoms with Crippen LogP contribution in [0.25, 0.3) is 0 Å². The van der Waals surface area contributed by atoms with E-state index in [1.165, 1.54) is 30.8 Å². The van der Waals surface area contributed by atoms with Gasteiger partial charge >= 0.3 is 0 Å². The van der Waals surface area contributed by atoms with Gasteiger partial charge in [0.2, 0.25) is 0 Å². The number of piperidine rings is 1. The van der Waals surface area contributed by atoms with Gasteiger partial charge in [0.25, 0.3) is 0 Å². The average molecular weight is 225 g/mol. The first kappa shape index (κ1) is 10.9. The first-order valence-electron chi connectivity index (χ1n) is 5.55. The van der Waals surface area contributed by atoms with E-state index in [1.807, 2.05) is 0 Å². The van der Waals surface area contributed by atoms with E-state index in [-0.39, 0.29) is 0 Å². The highest BCUT2D eigenvalue weighted by Gasteiger charge is 2.22. The van der Waals surface area contributed by atoms with Crippen molar-refractivity contribution >= 4 is 16.5 Å². The molecule has 0 aliphatic carbocycles. The zero-order valence-electron chi connectivity index (χ0n) is 9.44. The zero-order chi connectivity index (χ0) is 10.8. The molecule has 2 atom stereocenters. The number of likely N-dealkylation sites (tertiary alicyclic amines) is 1. The lowest BCUT2D eigenvalue weighted by molar-refractivity contribution is 0.133. The summed E-state index contributed by atoms with van der Waals surface area (Å²) in [7, 11) is 0. The first-order valence-corrected chi connectivity index (χ1v) is 6.43. The second kappa shape index (κ2) is 4.49. The SMILES string of the molecule is C[C@@H]1C[C@@H](C)CN(Cc2csc(N)n2)C1. The van der Waals surface area contributed by atoms with Gasteiger partial charge in [-0.2, -0.15) is 0 Å². The number of nitrogen functional groups attached to an aromatic ring is 1. The highest BCUT2D eigenvalue weighted by molar-refractivity contribution is 7.13. The summed E-state index contributed by atoms with van der Waals surface area (Å²) in [5.74, 6) is 1.62. The van der Waals surface area contributed by atoms with E-state index in [2.05, 4.69) is 29.1 Å². The second-order valence-electron chi connectivity index (χ2n) is 4.82. The van der Waals surface area contributed by atoms with Crippen LogP contribution in [-0.2, 0) is 6.54 Å². The Kier molecular flexibility index (Phi) is 3.26.